The minimum atomic E-state index is -3.44. The van der Waals surface area contributed by atoms with E-state index < -0.39 is 15.8 Å². The fourth-order valence-corrected chi connectivity index (χ4v) is 5.43. The van der Waals surface area contributed by atoms with Crippen molar-refractivity contribution in [1.29, 1.82) is 0 Å². The quantitative estimate of drug-likeness (QED) is 0.197. The molecule has 2 aromatic carbocycles. The first-order valence-electron chi connectivity index (χ1n) is 13.5. The number of hydrogen-bond acceptors (Lipinski definition) is 7. The maximum atomic E-state index is 14.6. The number of para-hydroxylation sites is 1. The van der Waals surface area contributed by atoms with Gasteiger partial charge in [-0.2, -0.15) is 5.10 Å². The number of carbonyl (C=O) groups excluding carboxylic acids is 1. The Kier molecular flexibility index (Phi) is 6.47. The molecule has 13 heteroatoms. The lowest BCUT2D eigenvalue weighted by Crippen LogP contribution is -2.21. The Hall–Kier alpha value is -5.01. The number of nitrogens with one attached hydrogen (secondary N) is 4. The van der Waals surface area contributed by atoms with E-state index in [4.69, 9.17) is 4.98 Å². The van der Waals surface area contributed by atoms with Crippen LogP contribution in [0, 0.1) is 11.7 Å². The average Bonchev–Trinajstić information content (AvgIpc) is 3.61. The predicted molar refractivity (Wildman–Crippen MR) is 161 cm³/mol. The number of aromatic nitrogens is 6. The van der Waals surface area contributed by atoms with Gasteiger partial charge in [0.15, 0.2) is 11.5 Å². The number of amides is 1. The van der Waals surface area contributed by atoms with Gasteiger partial charge < -0.3 is 10.3 Å². The number of sulfonamides is 1. The van der Waals surface area contributed by atoms with Crippen LogP contribution in [0.5, 0.6) is 0 Å². The van der Waals surface area contributed by atoms with Gasteiger partial charge in [0.1, 0.15) is 11.5 Å². The van der Waals surface area contributed by atoms with Crippen LogP contribution in [0.25, 0.3) is 55.8 Å². The van der Waals surface area contributed by atoms with Gasteiger partial charge in [-0.1, -0.05) is 12.1 Å². The number of benzene rings is 2. The van der Waals surface area contributed by atoms with E-state index in [2.05, 4.69) is 35.2 Å². The van der Waals surface area contributed by atoms with E-state index in [1.807, 2.05) is 30.3 Å². The summed E-state index contributed by atoms with van der Waals surface area (Å²) in [6, 6.07) is 13.8. The molecule has 7 rings (SSSR count). The second-order valence-corrected chi connectivity index (χ2v) is 12.5. The van der Waals surface area contributed by atoms with E-state index in [1.54, 1.807) is 24.7 Å². The van der Waals surface area contributed by atoms with Gasteiger partial charge in [0.2, 0.25) is 15.9 Å². The third-order valence-electron chi connectivity index (χ3n) is 7.25. The molecule has 0 aliphatic heterocycles. The Bertz CT molecular complexity index is 2150. The summed E-state index contributed by atoms with van der Waals surface area (Å²) in [4.78, 5) is 29.2. The Morgan fingerprint density at radius 2 is 1.88 bits per heavy atom. The van der Waals surface area contributed by atoms with Gasteiger partial charge in [-0.15, -0.1) is 0 Å². The van der Waals surface area contributed by atoms with Crippen LogP contribution in [0.3, 0.4) is 0 Å². The molecule has 216 valence electrons. The zero-order valence-corrected chi connectivity index (χ0v) is 23.7. The maximum Gasteiger partial charge on any atom is 0.227 e. The van der Waals surface area contributed by atoms with Crippen molar-refractivity contribution in [2.24, 2.45) is 5.92 Å². The van der Waals surface area contributed by atoms with Gasteiger partial charge in [0.25, 0.3) is 0 Å². The highest BCUT2D eigenvalue weighted by Crippen LogP contribution is 2.34. The molecule has 0 radical (unpaired) electrons. The van der Waals surface area contributed by atoms with Gasteiger partial charge >= 0.3 is 0 Å². The first kappa shape index (κ1) is 26.9. The normalized spacial score (nSPS) is 13.5. The van der Waals surface area contributed by atoms with Gasteiger partial charge in [-0.3, -0.25) is 14.9 Å². The van der Waals surface area contributed by atoms with Crippen molar-refractivity contribution < 1.29 is 17.6 Å². The molecule has 1 aliphatic carbocycles. The van der Waals surface area contributed by atoms with Crippen LogP contribution in [0.4, 0.5) is 10.1 Å². The number of fused-ring (bicyclic) bond motifs is 2. The number of aromatic amines is 2. The van der Waals surface area contributed by atoms with Crippen LogP contribution in [-0.4, -0.2) is 50.7 Å². The van der Waals surface area contributed by atoms with Gasteiger partial charge in [0, 0.05) is 41.5 Å². The van der Waals surface area contributed by atoms with Crippen LogP contribution in [0.2, 0.25) is 0 Å². The zero-order valence-electron chi connectivity index (χ0n) is 22.8. The number of rotatable bonds is 8. The highest BCUT2D eigenvalue weighted by atomic mass is 32.2. The molecule has 4 aromatic heterocycles. The van der Waals surface area contributed by atoms with Crippen LogP contribution < -0.4 is 10.0 Å². The Balaban J connectivity index is 1.25. The molecule has 1 amide bonds. The molecule has 0 atom stereocenters. The summed E-state index contributed by atoms with van der Waals surface area (Å²) in [5.41, 5.74) is 6.36. The zero-order chi connectivity index (χ0) is 29.7. The van der Waals surface area contributed by atoms with Gasteiger partial charge in [0.05, 0.1) is 34.6 Å². The maximum absolute atomic E-state index is 14.6. The highest BCUT2D eigenvalue weighted by molar-refractivity contribution is 7.88. The topological polar surface area (TPSA) is 158 Å². The number of anilines is 1. The number of hydrogen-bond donors (Lipinski definition) is 4. The smallest absolute Gasteiger partial charge is 0.227 e. The Labute approximate surface area is 245 Å². The highest BCUT2D eigenvalue weighted by Gasteiger charge is 2.29. The third-order valence-corrected chi connectivity index (χ3v) is 7.92. The van der Waals surface area contributed by atoms with E-state index in [0.717, 1.165) is 41.1 Å². The molecule has 0 bridgehead atoms. The largest absolute Gasteiger partial charge is 0.337 e. The summed E-state index contributed by atoms with van der Waals surface area (Å²) in [7, 11) is -3.44. The second-order valence-electron chi connectivity index (χ2n) is 10.6. The number of pyridine rings is 2. The first-order valence-corrected chi connectivity index (χ1v) is 15.4. The minimum Gasteiger partial charge on any atom is -0.337 e. The third kappa shape index (κ3) is 5.59. The Morgan fingerprint density at radius 3 is 2.70 bits per heavy atom. The summed E-state index contributed by atoms with van der Waals surface area (Å²) >= 11 is 0. The van der Waals surface area contributed by atoms with E-state index in [9.17, 15) is 17.6 Å². The van der Waals surface area contributed by atoms with Crippen molar-refractivity contribution in [2.45, 2.75) is 19.4 Å². The first-order chi connectivity index (χ1) is 20.7. The number of imidazole rings is 1. The molecule has 1 aliphatic rings. The van der Waals surface area contributed by atoms with Gasteiger partial charge in [-0.05, 0) is 60.4 Å². The molecule has 11 nitrogen and oxygen atoms in total. The summed E-state index contributed by atoms with van der Waals surface area (Å²) in [6.07, 6.45) is 7.93. The summed E-state index contributed by atoms with van der Waals surface area (Å²) < 4.78 is 40.1. The van der Waals surface area contributed by atoms with Crippen LogP contribution >= 0.6 is 0 Å². The van der Waals surface area contributed by atoms with Crippen LogP contribution in [0.1, 0.15) is 18.4 Å². The predicted octanol–water partition coefficient (Wildman–Crippen LogP) is 4.77. The van der Waals surface area contributed by atoms with Crippen molar-refractivity contribution in [2.75, 3.05) is 11.6 Å². The fraction of sp³-hybridized carbons (Fsp3) is 0.167. The molecule has 1 saturated carbocycles. The molecule has 43 heavy (non-hydrogen) atoms. The lowest BCUT2D eigenvalue weighted by Gasteiger charge is -2.08. The number of halogens is 1. The molecule has 1 fully saturated rings. The minimum absolute atomic E-state index is 0.00828. The molecule has 0 spiro atoms. The summed E-state index contributed by atoms with van der Waals surface area (Å²) in [5, 5.41) is 11.1. The number of H-pyrrole nitrogens is 2. The molecule has 0 saturated heterocycles. The standard InChI is InChI=1S/C30H25FN8O3S/c1-43(41,42)34-12-16-7-18(9-21(31)8-16)23-3-2-4-25-26(23)37-29(36-25)27-24-11-20(14-33-28(24)39-38-27)19-10-22(15-32-13-19)35-30(40)17-5-6-17/h2-4,7-11,13-15,17,34H,5-6,12H2,1H3,(H,35,40)(H,36,37)(H,33,38,39). The Morgan fingerprint density at radius 1 is 1.05 bits per heavy atom. The van der Waals surface area contributed by atoms with Crippen LogP contribution in [-0.2, 0) is 21.4 Å². The molecule has 6 aromatic rings. The number of carbonyl (C=O) groups is 1. The lowest BCUT2D eigenvalue weighted by molar-refractivity contribution is -0.117. The lowest BCUT2D eigenvalue weighted by atomic mass is 10.0. The molecule has 4 N–H and O–H groups in total. The molecular weight excluding hydrogens is 571 g/mol. The monoisotopic (exact) mass is 596 g/mol. The van der Waals surface area contributed by atoms with E-state index in [1.165, 1.54) is 12.1 Å². The van der Waals surface area contributed by atoms with Crippen molar-refractivity contribution in [3.8, 4) is 33.8 Å². The van der Waals surface area contributed by atoms with Crippen LogP contribution in [0.15, 0.2) is 67.1 Å². The summed E-state index contributed by atoms with van der Waals surface area (Å²) in [5.74, 6) is 0.0954. The number of nitrogens with zero attached hydrogens (tertiary/aromatic N) is 4. The second kappa shape index (κ2) is 10.4. The van der Waals surface area contributed by atoms with Crippen molar-refractivity contribution >= 4 is 43.7 Å². The van der Waals surface area contributed by atoms with E-state index in [0.29, 0.717) is 45.1 Å². The average molecular weight is 597 g/mol. The molecule has 0 unspecified atom stereocenters. The molecular formula is C30H25FN8O3S. The van der Waals surface area contributed by atoms with E-state index in [-0.39, 0.29) is 18.4 Å². The van der Waals surface area contributed by atoms with E-state index >= 15 is 0 Å². The van der Waals surface area contributed by atoms with Crippen molar-refractivity contribution in [3.05, 3.63) is 78.5 Å². The summed E-state index contributed by atoms with van der Waals surface area (Å²) in [6.45, 7) is -0.0364. The fourth-order valence-electron chi connectivity index (χ4n) is 5.00. The molecule has 4 heterocycles. The van der Waals surface area contributed by atoms with Crippen molar-refractivity contribution in [3.63, 3.8) is 0 Å². The van der Waals surface area contributed by atoms with Gasteiger partial charge in [-0.25, -0.2) is 27.5 Å². The SMILES string of the molecule is CS(=O)(=O)NCc1cc(F)cc(-c2cccc3[nH]c(-c4n[nH]c5ncc(-c6cncc(NC(=O)C7CC7)c6)cc45)nc23)c1. The van der Waals surface area contributed by atoms with Crippen molar-refractivity contribution in [1.82, 2.24) is 34.9 Å².